The summed E-state index contributed by atoms with van der Waals surface area (Å²) in [6.07, 6.45) is 0.986. The molecule has 0 saturated carbocycles. The summed E-state index contributed by atoms with van der Waals surface area (Å²) in [7, 11) is 3.75. The molecule has 3 aromatic rings. The molecule has 0 N–H and O–H groups in total. The van der Waals surface area contributed by atoms with Crippen molar-refractivity contribution in [3.8, 4) is 5.75 Å². The highest BCUT2D eigenvalue weighted by Gasteiger charge is 2.28. The van der Waals surface area contributed by atoms with Crippen molar-refractivity contribution in [2.45, 2.75) is 32.5 Å². The van der Waals surface area contributed by atoms with Gasteiger partial charge in [-0.1, -0.05) is 36.4 Å². The van der Waals surface area contributed by atoms with Crippen molar-refractivity contribution >= 4 is 0 Å². The number of aromatic nitrogens is 3. The molecule has 0 spiro atoms. The number of hydrogen-bond donors (Lipinski definition) is 0. The van der Waals surface area contributed by atoms with E-state index in [9.17, 15) is 0 Å². The first-order valence-corrected chi connectivity index (χ1v) is 8.95. The molecule has 134 valence electrons. The number of aryl methyl sites for hydroxylation is 1. The molecule has 0 saturated heterocycles. The molecular formula is C21H24N4O. The highest BCUT2D eigenvalue weighted by molar-refractivity contribution is 5.39. The third kappa shape index (κ3) is 3.10. The van der Waals surface area contributed by atoms with Crippen LogP contribution in [0.3, 0.4) is 0 Å². The normalized spacial score (nSPS) is 17.1. The van der Waals surface area contributed by atoms with Crippen molar-refractivity contribution < 1.29 is 4.74 Å². The number of hydrogen-bond acceptors (Lipinski definition) is 4. The van der Waals surface area contributed by atoms with E-state index in [4.69, 9.17) is 4.74 Å². The molecule has 0 radical (unpaired) electrons. The van der Waals surface area contributed by atoms with Crippen LogP contribution in [0.1, 0.15) is 34.4 Å². The van der Waals surface area contributed by atoms with Gasteiger partial charge in [-0.15, -0.1) is 10.2 Å². The molecule has 5 heteroatoms. The molecule has 0 bridgehead atoms. The van der Waals surface area contributed by atoms with E-state index in [1.165, 1.54) is 16.7 Å². The number of rotatable bonds is 4. The van der Waals surface area contributed by atoms with Crippen LogP contribution in [0.2, 0.25) is 0 Å². The first kappa shape index (κ1) is 16.8. The lowest BCUT2D eigenvalue weighted by Gasteiger charge is -2.37. The maximum atomic E-state index is 5.42. The predicted octanol–water partition coefficient (Wildman–Crippen LogP) is 3.43. The highest BCUT2D eigenvalue weighted by Crippen LogP contribution is 2.35. The van der Waals surface area contributed by atoms with E-state index in [2.05, 4.69) is 68.2 Å². The molecule has 1 aliphatic rings. The second-order valence-corrected chi connectivity index (χ2v) is 6.89. The number of methoxy groups -OCH3 is 1. The second kappa shape index (κ2) is 6.92. The molecule has 0 aliphatic carbocycles. The lowest BCUT2D eigenvalue weighted by Crippen LogP contribution is -2.34. The van der Waals surface area contributed by atoms with Crippen LogP contribution in [-0.4, -0.2) is 26.8 Å². The Hall–Kier alpha value is -2.66. The summed E-state index contributed by atoms with van der Waals surface area (Å²) in [6.45, 7) is 3.63. The molecule has 5 nitrogen and oxygen atoms in total. The first-order valence-electron chi connectivity index (χ1n) is 8.95. The monoisotopic (exact) mass is 348 g/mol. The summed E-state index contributed by atoms with van der Waals surface area (Å²) in [5.41, 5.74) is 4.06. The van der Waals surface area contributed by atoms with Crippen molar-refractivity contribution in [3.63, 3.8) is 0 Å². The van der Waals surface area contributed by atoms with Crippen LogP contribution in [0.15, 0.2) is 48.5 Å². The molecule has 0 amide bonds. The minimum atomic E-state index is 0.328. The van der Waals surface area contributed by atoms with E-state index in [1.807, 2.05) is 14.0 Å². The molecule has 1 aliphatic heterocycles. The summed E-state index contributed by atoms with van der Waals surface area (Å²) in [5.74, 6) is 2.85. The van der Waals surface area contributed by atoms with Crippen LogP contribution in [0.4, 0.5) is 0 Å². The lowest BCUT2D eigenvalue weighted by atomic mass is 9.89. The molecule has 4 rings (SSSR count). The highest BCUT2D eigenvalue weighted by atomic mass is 16.5. The summed E-state index contributed by atoms with van der Waals surface area (Å²) in [5, 5.41) is 8.59. The van der Waals surface area contributed by atoms with Gasteiger partial charge in [-0.05, 0) is 42.2 Å². The van der Waals surface area contributed by atoms with Gasteiger partial charge in [0.15, 0.2) is 0 Å². The van der Waals surface area contributed by atoms with Crippen LogP contribution in [-0.2, 0) is 26.6 Å². The van der Waals surface area contributed by atoms with Gasteiger partial charge in [-0.3, -0.25) is 4.90 Å². The first-order chi connectivity index (χ1) is 12.7. The topological polar surface area (TPSA) is 43.2 Å². The molecular weight excluding hydrogens is 324 g/mol. The Labute approximate surface area is 154 Å². The van der Waals surface area contributed by atoms with Crippen molar-refractivity contribution in [2.75, 3.05) is 7.11 Å². The maximum absolute atomic E-state index is 5.42. The van der Waals surface area contributed by atoms with Crippen molar-refractivity contribution in [3.05, 3.63) is 76.9 Å². The third-order valence-electron chi connectivity index (χ3n) is 5.35. The Morgan fingerprint density at radius 2 is 1.88 bits per heavy atom. The van der Waals surface area contributed by atoms with Gasteiger partial charge in [0.1, 0.15) is 17.4 Å². The van der Waals surface area contributed by atoms with E-state index in [0.29, 0.717) is 6.04 Å². The SMILES string of the molecule is COc1ccc2c(c1)CN(Cc1nnc(C)n1C)C(c1ccccc1)C2. The predicted molar refractivity (Wildman–Crippen MR) is 101 cm³/mol. The van der Waals surface area contributed by atoms with Gasteiger partial charge in [0.25, 0.3) is 0 Å². The molecule has 26 heavy (non-hydrogen) atoms. The Morgan fingerprint density at radius 1 is 1.08 bits per heavy atom. The van der Waals surface area contributed by atoms with Crippen molar-refractivity contribution in [1.29, 1.82) is 0 Å². The fourth-order valence-corrected chi connectivity index (χ4v) is 3.68. The fourth-order valence-electron chi connectivity index (χ4n) is 3.68. The van der Waals surface area contributed by atoms with Gasteiger partial charge in [-0.2, -0.15) is 0 Å². The number of ether oxygens (including phenoxy) is 1. The summed E-state index contributed by atoms with van der Waals surface area (Å²) in [6, 6.07) is 17.5. The van der Waals surface area contributed by atoms with Crippen molar-refractivity contribution in [1.82, 2.24) is 19.7 Å². The zero-order chi connectivity index (χ0) is 18.1. The summed E-state index contributed by atoms with van der Waals surface area (Å²) >= 11 is 0. The standard InChI is InChI=1S/C21H24N4O/c1-15-22-23-21(24(15)2)14-25-13-18-11-19(26-3)10-9-17(18)12-20(25)16-7-5-4-6-8-16/h4-11,20H,12-14H2,1-3H3. The fraction of sp³-hybridized carbons (Fsp3) is 0.333. The lowest BCUT2D eigenvalue weighted by molar-refractivity contribution is 0.156. The van der Waals surface area contributed by atoms with Crippen LogP contribution in [0.5, 0.6) is 5.75 Å². The third-order valence-corrected chi connectivity index (χ3v) is 5.35. The van der Waals surface area contributed by atoms with E-state index < -0.39 is 0 Å². The van der Waals surface area contributed by atoms with E-state index in [-0.39, 0.29) is 0 Å². The minimum Gasteiger partial charge on any atom is -0.497 e. The molecule has 1 unspecified atom stereocenters. The Bertz CT molecular complexity index is 904. The molecule has 2 heterocycles. The van der Waals surface area contributed by atoms with Gasteiger partial charge in [0.2, 0.25) is 0 Å². The molecule has 2 aromatic carbocycles. The molecule has 1 aromatic heterocycles. The number of benzene rings is 2. The van der Waals surface area contributed by atoms with Gasteiger partial charge in [0, 0.05) is 19.6 Å². The molecule has 0 fully saturated rings. The smallest absolute Gasteiger partial charge is 0.146 e. The van der Waals surface area contributed by atoms with Gasteiger partial charge in [-0.25, -0.2) is 0 Å². The Balaban J connectivity index is 1.70. The van der Waals surface area contributed by atoms with Crippen LogP contribution in [0, 0.1) is 6.92 Å². The number of fused-ring (bicyclic) bond motifs is 1. The average Bonchev–Trinajstić information content (AvgIpc) is 3.00. The van der Waals surface area contributed by atoms with E-state index in [0.717, 1.165) is 36.9 Å². The second-order valence-electron chi connectivity index (χ2n) is 6.89. The zero-order valence-corrected chi connectivity index (χ0v) is 15.5. The van der Waals surface area contributed by atoms with Gasteiger partial charge in [0.05, 0.1) is 13.7 Å². The molecule has 1 atom stereocenters. The minimum absolute atomic E-state index is 0.328. The Morgan fingerprint density at radius 3 is 2.58 bits per heavy atom. The van der Waals surface area contributed by atoms with Crippen molar-refractivity contribution in [2.24, 2.45) is 7.05 Å². The van der Waals surface area contributed by atoms with Crippen LogP contribution in [0.25, 0.3) is 0 Å². The van der Waals surface area contributed by atoms with Gasteiger partial charge >= 0.3 is 0 Å². The number of nitrogens with zero attached hydrogens (tertiary/aromatic N) is 4. The largest absolute Gasteiger partial charge is 0.497 e. The van der Waals surface area contributed by atoms with E-state index >= 15 is 0 Å². The quantitative estimate of drug-likeness (QED) is 0.724. The summed E-state index contributed by atoms with van der Waals surface area (Å²) < 4.78 is 7.50. The zero-order valence-electron chi connectivity index (χ0n) is 15.5. The summed E-state index contributed by atoms with van der Waals surface area (Å²) in [4.78, 5) is 2.49. The van der Waals surface area contributed by atoms with Gasteiger partial charge < -0.3 is 9.30 Å². The average molecular weight is 348 g/mol. The maximum Gasteiger partial charge on any atom is 0.146 e. The van der Waals surface area contributed by atoms with E-state index in [1.54, 1.807) is 7.11 Å². The Kier molecular flexibility index (Phi) is 4.47. The van der Waals surface area contributed by atoms with Crippen LogP contribution >= 0.6 is 0 Å². The van der Waals surface area contributed by atoms with Crippen LogP contribution < -0.4 is 4.74 Å².